The molecule has 2 N–H and O–H groups in total. The predicted octanol–water partition coefficient (Wildman–Crippen LogP) is 4.32. The molecule has 2 aromatic carbocycles. The summed E-state index contributed by atoms with van der Waals surface area (Å²) in [7, 11) is 3.76. The zero-order valence-electron chi connectivity index (χ0n) is 20.0. The molecule has 0 radical (unpaired) electrons. The highest BCUT2D eigenvalue weighted by atomic mass is 19.1. The van der Waals surface area contributed by atoms with Crippen molar-refractivity contribution in [3.8, 4) is 11.6 Å². The monoisotopic (exact) mass is 494 g/mol. The van der Waals surface area contributed by atoms with Crippen molar-refractivity contribution >= 4 is 23.6 Å². The fourth-order valence-electron chi connectivity index (χ4n) is 3.71. The van der Waals surface area contributed by atoms with Gasteiger partial charge in [-0.15, -0.1) is 0 Å². The van der Waals surface area contributed by atoms with Gasteiger partial charge in [-0.2, -0.15) is 0 Å². The van der Waals surface area contributed by atoms with Crippen molar-refractivity contribution in [3.05, 3.63) is 72.3 Å². The van der Waals surface area contributed by atoms with Crippen LogP contribution >= 0.6 is 0 Å². The molecule has 188 valence electrons. The number of carbonyl (C=O) groups is 2. The minimum atomic E-state index is -0.781. The van der Waals surface area contributed by atoms with Crippen molar-refractivity contribution in [2.45, 2.75) is 19.1 Å². The SMILES string of the molecule is CN1CC[C@H](N(C)C(=O)Nc2cc(Oc3ccc(NC(=O)OCc4ccccc4)c(F)c3)ncn2)C1. The number of urea groups is 1. The second kappa shape index (κ2) is 11.5. The van der Waals surface area contributed by atoms with Gasteiger partial charge in [-0.3, -0.25) is 10.6 Å². The molecular formula is C25H27FN6O4. The van der Waals surface area contributed by atoms with E-state index in [2.05, 4.69) is 25.5 Å². The Kier molecular flexibility index (Phi) is 7.91. The third-order valence-electron chi connectivity index (χ3n) is 5.72. The summed E-state index contributed by atoms with van der Waals surface area (Å²) in [5.41, 5.74) is 0.756. The molecule has 10 nitrogen and oxygen atoms in total. The lowest BCUT2D eigenvalue weighted by molar-refractivity contribution is 0.155. The Morgan fingerprint density at radius 1 is 1.14 bits per heavy atom. The average molecular weight is 495 g/mol. The van der Waals surface area contributed by atoms with Crippen molar-refractivity contribution in [1.29, 1.82) is 0 Å². The van der Waals surface area contributed by atoms with Gasteiger partial charge in [0.25, 0.3) is 0 Å². The zero-order valence-corrected chi connectivity index (χ0v) is 20.0. The number of ether oxygens (including phenoxy) is 2. The van der Waals surface area contributed by atoms with Crippen LogP contribution in [-0.2, 0) is 11.3 Å². The fourth-order valence-corrected chi connectivity index (χ4v) is 3.71. The van der Waals surface area contributed by atoms with Crippen LogP contribution in [0.15, 0.2) is 60.9 Å². The van der Waals surface area contributed by atoms with Crippen LogP contribution in [-0.4, -0.2) is 65.1 Å². The lowest BCUT2D eigenvalue weighted by atomic mass is 10.2. The summed E-state index contributed by atoms with van der Waals surface area (Å²) in [6.07, 6.45) is 1.36. The predicted molar refractivity (Wildman–Crippen MR) is 131 cm³/mol. The number of benzene rings is 2. The number of hydrogen-bond acceptors (Lipinski definition) is 7. The van der Waals surface area contributed by atoms with E-state index in [0.717, 1.165) is 31.1 Å². The molecule has 0 aliphatic carbocycles. The highest BCUT2D eigenvalue weighted by molar-refractivity contribution is 5.88. The molecule has 0 spiro atoms. The third kappa shape index (κ3) is 6.66. The minimum Gasteiger partial charge on any atom is -0.444 e. The lowest BCUT2D eigenvalue weighted by Crippen LogP contribution is -2.41. The molecule has 1 aliphatic heterocycles. The van der Waals surface area contributed by atoms with Crippen LogP contribution in [0.1, 0.15) is 12.0 Å². The second-order valence-corrected chi connectivity index (χ2v) is 8.42. The number of aromatic nitrogens is 2. The normalized spacial score (nSPS) is 15.2. The molecule has 3 amide bonds. The Hall–Kier alpha value is -4.25. The summed E-state index contributed by atoms with van der Waals surface area (Å²) in [4.78, 5) is 36.5. The molecule has 4 rings (SSSR count). The van der Waals surface area contributed by atoms with Crippen molar-refractivity contribution < 1.29 is 23.5 Å². The number of anilines is 2. The Morgan fingerprint density at radius 3 is 2.67 bits per heavy atom. The van der Waals surface area contributed by atoms with E-state index in [1.807, 2.05) is 37.4 Å². The van der Waals surface area contributed by atoms with Crippen molar-refractivity contribution in [3.63, 3.8) is 0 Å². The van der Waals surface area contributed by atoms with Gasteiger partial charge in [0.1, 0.15) is 24.5 Å². The lowest BCUT2D eigenvalue weighted by Gasteiger charge is -2.24. The first kappa shape index (κ1) is 24.9. The first-order chi connectivity index (χ1) is 17.4. The fraction of sp³-hybridized carbons (Fsp3) is 0.280. The van der Waals surface area contributed by atoms with Gasteiger partial charge < -0.3 is 19.3 Å². The maximum absolute atomic E-state index is 14.5. The van der Waals surface area contributed by atoms with Gasteiger partial charge in [-0.1, -0.05) is 30.3 Å². The van der Waals surface area contributed by atoms with E-state index >= 15 is 0 Å². The molecule has 11 heteroatoms. The molecule has 1 aliphatic rings. The Morgan fingerprint density at radius 2 is 1.94 bits per heavy atom. The van der Waals surface area contributed by atoms with Crippen LogP contribution in [0.2, 0.25) is 0 Å². The van der Waals surface area contributed by atoms with E-state index in [0.29, 0.717) is 0 Å². The molecule has 36 heavy (non-hydrogen) atoms. The van der Waals surface area contributed by atoms with Gasteiger partial charge in [0.2, 0.25) is 5.88 Å². The summed E-state index contributed by atoms with van der Waals surface area (Å²) in [5.74, 6) is -0.193. The standard InChI is InChI=1S/C25H27FN6O4/c1-31-11-10-18(14-31)32(2)24(33)30-22-13-23(28-16-27-22)36-19-8-9-21(20(26)12-19)29-25(34)35-15-17-6-4-3-5-7-17/h3-9,12-13,16,18H,10-11,14-15H2,1-2H3,(H,29,34)(H,27,28,30,33)/t18-/m0/s1. The number of rotatable bonds is 7. The van der Waals surface area contributed by atoms with E-state index in [1.54, 1.807) is 11.9 Å². The molecule has 0 unspecified atom stereocenters. The topological polar surface area (TPSA) is 109 Å². The summed E-state index contributed by atoms with van der Waals surface area (Å²) in [5, 5.41) is 5.09. The highest BCUT2D eigenvalue weighted by Crippen LogP contribution is 2.26. The van der Waals surface area contributed by atoms with Crippen LogP contribution in [0.5, 0.6) is 11.6 Å². The van der Waals surface area contributed by atoms with E-state index in [9.17, 15) is 14.0 Å². The second-order valence-electron chi connectivity index (χ2n) is 8.42. The van der Waals surface area contributed by atoms with Crippen LogP contribution in [0.25, 0.3) is 0 Å². The van der Waals surface area contributed by atoms with Crippen LogP contribution in [0.4, 0.5) is 25.5 Å². The Bertz CT molecular complexity index is 1210. The Balaban J connectivity index is 1.32. The van der Waals surface area contributed by atoms with E-state index in [4.69, 9.17) is 9.47 Å². The molecule has 1 atom stereocenters. The number of nitrogens with one attached hydrogen (secondary N) is 2. The van der Waals surface area contributed by atoms with Crippen LogP contribution in [0, 0.1) is 5.82 Å². The number of hydrogen-bond donors (Lipinski definition) is 2. The maximum Gasteiger partial charge on any atom is 0.412 e. The van der Waals surface area contributed by atoms with Crippen molar-refractivity contribution in [1.82, 2.24) is 19.8 Å². The molecule has 0 saturated carbocycles. The molecule has 2 heterocycles. The summed E-state index contributed by atoms with van der Waals surface area (Å²) in [6.45, 7) is 1.81. The molecule has 0 bridgehead atoms. The largest absolute Gasteiger partial charge is 0.444 e. The van der Waals surface area contributed by atoms with E-state index in [-0.39, 0.29) is 41.8 Å². The Labute approximate surface area is 208 Å². The average Bonchev–Trinajstić information content (AvgIpc) is 3.31. The molecule has 1 aromatic heterocycles. The first-order valence-corrected chi connectivity index (χ1v) is 11.4. The van der Waals surface area contributed by atoms with Gasteiger partial charge in [-0.25, -0.2) is 23.9 Å². The van der Waals surface area contributed by atoms with Crippen molar-refractivity contribution in [2.24, 2.45) is 0 Å². The van der Waals surface area contributed by atoms with Gasteiger partial charge >= 0.3 is 12.1 Å². The quantitative estimate of drug-likeness (QED) is 0.503. The summed E-state index contributed by atoms with van der Waals surface area (Å²) in [6, 6.07) is 14.4. The summed E-state index contributed by atoms with van der Waals surface area (Å²) < 4.78 is 25.3. The number of nitrogens with zero attached hydrogens (tertiary/aromatic N) is 4. The molecular weight excluding hydrogens is 467 g/mol. The van der Waals surface area contributed by atoms with Crippen LogP contribution in [0.3, 0.4) is 0 Å². The van der Waals surface area contributed by atoms with Gasteiger partial charge in [0.15, 0.2) is 5.82 Å². The number of amides is 3. The number of carbonyl (C=O) groups excluding carboxylic acids is 2. The number of likely N-dealkylation sites (N-methyl/N-ethyl adjacent to an activating group) is 2. The van der Waals surface area contributed by atoms with E-state index < -0.39 is 11.9 Å². The first-order valence-electron chi connectivity index (χ1n) is 11.4. The molecule has 3 aromatic rings. The van der Waals surface area contributed by atoms with Crippen LogP contribution < -0.4 is 15.4 Å². The number of halogens is 1. The van der Waals surface area contributed by atoms with Gasteiger partial charge in [0, 0.05) is 31.8 Å². The molecule has 1 saturated heterocycles. The molecule has 1 fully saturated rings. The third-order valence-corrected chi connectivity index (χ3v) is 5.72. The zero-order chi connectivity index (χ0) is 25.5. The smallest absolute Gasteiger partial charge is 0.412 e. The highest BCUT2D eigenvalue weighted by Gasteiger charge is 2.26. The van der Waals surface area contributed by atoms with Crippen molar-refractivity contribution in [2.75, 3.05) is 37.8 Å². The number of likely N-dealkylation sites (tertiary alicyclic amines) is 1. The summed E-state index contributed by atoms with van der Waals surface area (Å²) >= 11 is 0. The maximum atomic E-state index is 14.5. The van der Waals surface area contributed by atoms with E-state index in [1.165, 1.54) is 24.5 Å². The minimum absolute atomic E-state index is 0.0587. The van der Waals surface area contributed by atoms with Gasteiger partial charge in [0.05, 0.1) is 5.69 Å². The van der Waals surface area contributed by atoms with Gasteiger partial charge in [-0.05, 0) is 37.7 Å².